The van der Waals surface area contributed by atoms with Gasteiger partial charge in [-0.25, -0.2) is 0 Å². The SMILES string of the molecule is CCn1nccc1C(=O)N1CCC(c2nc(CCOc3cccc(C)c3)no2)C1. The molecule has 1 aliphatic heterocycles. The minimum absolute atomic E-state index is 0.00172. The number of nitrogens with zero attached hydrogens (tertiary/aromatic N) is 5. The van der Waals surface area contributed by atoms with E-state index in [9.17, 15) is 4.79 Å². The van der Waals surface area contributed by atoms with Crippen LogP contribution in [0.5, 0.6) is 5.75 Å². The Hall–Kier alpha value is -3.16. The molecule has 1 fully saturated rings. The van der Waals surface area contributed by atoms with Crippen LogP contribution in [-0.2, 0) is 13.0 Å². The van der Waals surface area contributed by atoms with Gasteiger partial charge in [0.1, 0.15) is 11.4 Å². The van der Waals surface area contributed by atoms with E-state index in [0.29, 0.717) is 50.1 Å². The Balaban J connectivity index is 1.31. The van der Waals surface area contributed by atoms with Gasteiger partial charge in [0, 0.05) is 32.3 Å². The number of aromatic nitrogens is 4. The van der Waals surface area contributed by atoms with Crippen molar-refractivity contribution in [3.63, 3.8) is 0 Å². The number of carbonyl (C=O) groups is 1. The Bertz CT molecular complexity index is 980. The highest BCUT2D eigenvalue weighted by molar-refractivity contribution is 5.92. The van der Waals surface area contributed by atoms with Gasteiger partial charge in [0.05, 0.1) is 12.5 Å². The molecule has 0 bridgehead atoms. The lowest BCUT2D eigenvalue weighted by molar-refractivity contribution is 0.0777. The van der Waals surface area contributed by atoms with Crippen LogP contribution >= 0.6 is 0 Å². The summed E-state index contributed by atoms with van der Waals surface area (Å²) < 4.78 is 12.9. The van der Waals surface area contributed by atoms with Crippen LogP contribution in [0.4, 0.5) is 0 Å². The molecule has 3 heterocycles. The highest BCUT2D eigenvalue weighted by Crippen LogP contribution is 2.27. The molecule has 29 heavy (non-hydrogen) atoms. The van der Waals surface area contributed by atoms with E-state index in [1.54, 1.807) is 16.9 Å². The smallest absolute Gasteiger partial charge is 0.272 e. The molecule has 1 aromatic carbocycles. The number of carbonyl (C=O) groups excluding carboxylic acids is 1. The highest BCUT2D eigenvalue weighted by Gasteiger charge is 2.32. The van der Waals surface area contributed by atoms with E-state index in [-0.39, 0.29) is 11.8 Å². The number of hydrogen-bond acceptors (Lipinski definition) is 6. The molecule has 1 aliphatic rings. The third-order valence-electron chi connectivity index (χ3n) is 5.13. The van der Waals surface area contributed by atoms with Crippen LogP contribution in [0, 0.1) is 6.92 Å². The fourth-order valence-electron chi connectivity index (χ4n) is 3.57. The van der Waals surface area contributed by atoms with E-state index < -0.39 is 0 Å². The number of aryl methyl sites for hydroxylation is 2. The van der Waals surface area contributed by atoms with Gasteiger partial charge >= 0.3 is 0 Å². The molecule has 8 nitrogen and oxygen atoms in total. The topological polar surface area (TPSA) is 86.3 Å². The zero-order chi connectivity index (χ0) is 20.2. The Labute approximate surface area is 169 Å². The van der Waals surface area contributed by atoms with E-state index in [1.165, 1.54) is 0 Å². The predicted molar refractivity (Wildman–Crippen MR) is 106 cm³/mol. The number of benzene rings is 1. The second-order valence-electron chi connectivity index (χ2n) is 7.23. The molecule has 3 aromatic rings. The summed E-state index contributed by atoms with van der Waals surface area (Å²) in [5.41, 5.74) is 1.78. The summed E-state index contributed by atoms with van der Waals surface area (Å²) >= 11 is 0. The third-order valence-corrected chi connectivity index (χ3v) is 5.13. The van der Waals surface area contributed by atoms with Gasteiger partial charge in [-0.1, -0.05) is 17.3 Å². The van der Waals surface area contributed by atoms with Gasteiger partial charge < -0.3 is 14.2 Å². The standard InChI is InChI=1S/C21H25N5O3/c1-3-26-18(7-10-22-26)21(27)25-11-8-16(14-25)20-23-19(24-29-20)9-12-28-17-6-4-5-15(2)13-17/h4-7,10,13,16H,3,8-9,11-12,14H2,1-2H3. The maximum Gasteiger partial charge on any atom is 0.272 e. The van der Waals surface area contributed by atoms with Crippen LogP contribution in [0.15, 0.2) is 41.1 Å². The summed E-state index contributed by atoms with van der Waals surface area (Å²) in [5, 5.41) is 8.25. The zero-order valence-electron chi connectivity index (χ0n) is 16.7. The van der Waals surface area contributed by atoms with Crippen molar-refractivity contribution in [1.82, 2.24) is 24.8 Å². The quantitative estimate of drug-likeness (QED) is 0.611. The summed E-state index contributed by atoms with van der Waals surface area (Å²) in [6, 6.07) is 9.69. The first kappa shape index (κ1) is 19.2. The monoisotopic (exact) mass is 395 g/mol. The van der Waals surface area contributed by atoms with Gasteiger partial charge in [-0.3, -0.25) is 9.48 Å². The molecular formula is C21H25N5O3. The lowest BCUT2D eigenvalue weighted by Crippen LogP contribution is -2.30. The van der Waals surface area contributed by atoms with Gasteiger partial charge in [-0.15, -0.1) is 0 Å². The van der Waals surface area contributed by atoms with Crippen molar-refractivity contribution < 1.29 is 14.1 Å². The molecule has 1 unspecified atom stereocenters. The number of hydrogen-bond donors (Lipinski definition) is 0. The molecule has 2 aromatic heterocycles. The zero-order valence-corrected chi connectivity index (χ0v) is 16.7. The van der Waals surface area contributed by atoms with Gasteiger partial charge in [0.2, 0.25) is 5.89 Å². The molecular weight excluding hydrogens is 370 g/mol. The largest absolute Gasteiger partial charge is 0.493 e. The molecule has 1 atom stereocenters. The van der Waals surface area contributed by atoms with Crippen molar-refractivity contribution in [3.8, 4) is 5.75 Å². The van der Waals surface area contributed by atoms with Crippen LogP contribution in [0.3, 0.4) is 0 Å². The minimum atomic E-state index is -0.00172. The fraction of sp³-hybridized carbons (Fsp3) is 0.429. The average molecular weight is 395 g/mol. The van der Waals surface area contributed by atoms with Gasteiger partial charge in [0.25, 0.3) is 5.91 Å². The highest BCUT2D eigenvalue weighted by atomic mass is 16.5. The van der Waals surface area contributed by atoms with E-state index in [2.05, 4.69) is 15.2 Å². The van der Waals surface area contributed by atoms with Gasteiger partial charge in [-0.05, 0) is 44.0 Å². The summed E-state index contributed by atoms with van der Waals surface area (Å²) in [5.74, 6) is 2.12. The summed E-state index contributed by atoms with van der Waals surface area (Å²) in [4.78, 5) is 19.1. The van der Waals surface area contributed by atoms with Crippen molar-refractivity contribution >= 4 is 5.91 Å². The van der Waals surface area contributed by atoms with Gasteiger partial charge in [-0.2, -0.15) is 10.1 Å². The maximum atomic E-state index is 12.8. The molecule has 8 heteroatoms. The molecule has 152 valence electrons. The number of rotatable bonds is 7. The molecule has 1 saturated heterocycles. The first-order chi connectivity index (χ1) is 14.1. The van der Waals surface area contributed by atoms with Gasteiger partial charge in [0.15, 0.2) is 5.82 Å². The second kappa shape index (κ2) is 8.46. The number of likely N-dealkylation sites (tertiary alicyclic amines) is 1. The van der Waals surface area contributed by atoms with Crippen molar-refractivity contribution in [2.75, 3.05) is 19.7 Å². The summed E-state index contributed by atoms with van der Waals surface area (Å²) in [7, 11) is 0. The van der Waals surface area contributed by atoms with Crippen LogP contribution in [-0.4, -0.2) is 50.4 Å². The molecule has 0 aliphatic carbocycles. The van der Waals surface area contributed by atoms with Crippen molar-refractivity contribution in [3.05, 3.63) is 59.5 Å². The molecule has 0 radical (unpaired) electrons. The number of amides is 1. The van der Waals surface area contributed by atoms with E-state index in [1.807, 2.05) is 43.0 Å². The minimum Gasteiger partial charge on any atom is -0.493 e. The van der Waals surface area contributed by atoms with Crippen molar-refractivity contribution in [2.45, 2.75) is 39.2 Å². The predicted octanol–water partition coefficient (Wildman–Crippen LogP) is 2.85. The summed E-state index contributed by atoms with van der Waals surface area (Å²) in [6.07, 6.45) is 3.04. The Morgan fingerprint density at radius 3 is 3.07 bits per heavy atom. The second-order valence-corrected chi connectivity index (χ2v) is 7.23. The third kappa shape index (κ3) is 4.31. The fourth-order valence-corrected chi connectivity index (χ4v) is 3.57. The Morgan fingerprint density at radius 2 is 2.24 bits per heavy atom. The summed E-state index contributed by atoms with van der Waals surface area (Å²) in [6.45, 7) is 6.41. The molecule has 0 spiro atoms. The van der Waals surface area contributed by atoms with Crippen LogP contribution in [0.1, 0.15) is 47.0 Å². The van der Waals surface area contributed by atoms with Crippen LogP contribution < -0.4 is 4.74 Å². The molecule has 4 rings (SSSR count). The lowest BCUT2D eigenvalue weighted by Gasteiger charge is -2.16. The maximum absolute atomic E-state index is 12.8. The Kier molecular flexibility index (Phi) is 5.59. The van der Waals surface area contributed by atoms with Crippen LogP contribution in [0.2, 0.25) is 0 Å². The number of ether oxygens (including phenoxy) is 1. The average Bonchev–Trinajstić information content (AvgIpc) is 3.47. The Morgan fingerprint density at radius 1 is 1.34 bits per heavy atom. The van der Waals surface area contributed by atoms with E-state index in [4.69, 9.17) is 9.26 Å². The first-order valence-corrected chi connectivity index (χ1v) is 9.97. The first-order valence-electron chi connectivity index (χ1n) is 9.97. The van der Waals surface area contributed by atoms with E-state index in [0.717, 1.165) is 17.7 Å². The molecule has 0 N–H and O–H groups in total. The van der Waals surface area contributed by atoms with E-state index >= 15 is 0 Å². The molecule has 1 amide bonds. The van der Waals surface area contributed by atoms with Crippen LogP contribution in [0.25, 0.3) is 0 Å². The molecule has 0 saturated carbocycles. The van der Waals surface area contributed by atoms with Crippen molar-refractivity contribution in [2.24, 2.45) is 0 Å². The normalized spacial score (nSPS) is 16.3. The van der Waals surface area contributed by atoms with Crippen molar-refractivity contribution in [1.29, 1.82) is 0 Å². The lowest BCUT2D eigenvalue weighted by atomic mass is 10.1.